The number of Topliss-reactive ketones (excluding diaryl/α,β-unsaturated/α-hetero) is 1. The molecule has 8 heteroatoms. The Morgan fingerprint density at radius 3 is 2.44 bits per heavy atom. The Labute approximate surface area is 159 Å². The molecule has 0 unspecified atom stereocenters. The number of nitrogens with one attached hydrogen (secondary N) is 1. The van der Waals surface area contributed by atoms with Crippen LogP contribution in [0.2, 0.25) is 0 Å². The molecule has 6 nitrogen and oxygen atoms in total. The summed E-state index contributed by atoms with van der Waals surface area (Å²) >= 11 is 1.15. The van der Waals surface area contributed by atoms with E-state index in [0.29, 0.717) is 17.2 Å². The van der Waals surface area contributed by atoms with Gasteiger partial charge >= 0.3 is 5.17 Å². The van der Waals surface area contributed by atoms with Crippen molar-refractivity contribution in [3.63, 3.8) is 0 Å². The molecule has 0 aliphatic rings. The number of hydrogen-bond acceptors (Lipinski definition) is 4. The molecule has 0 atom stereocenters. The van der Waals surface area contributed by atoms with Crippen LogP contribution in [-0.2, 0) is 0 Å². The van der Waals surface area contributed by atoms with Crippen LogP contribution in [0.4, 0.5) is 11.6 Å². The van der Waals surface area contributed by atoms with Gasteiger partial charge in [-0.2, -0.15) is 0 Å². The van der Waals surface area contributed by atoms with Crippen LogP contribution in [0.5, 0.6) is 0 Å². The van der Waals surface area contributed by atoms with Crippen molar-refractivity contribution in [2.75, 3.05) is 11.5 Å². The third-order valence-electron chi connectivity index (χ3n) is 3.42. The number of aromatic nitrogens is 1. The zero-order valence-electron chi connectivity index (χ0n) is 13.1. The molecule has 1 heterocycles. The number of nitrogens with zero attached hydrogens (tertiary/aromatic N) is 2. The number of thioether (sulfide) groups is 1. The first kappa shape index (κ1) is 18.9. The van der Waals surface area contributed by atoms with Crippen molar-refractivity contribution >= 4 is 45.1 Å². The number of fused-ring (bicyclic) bond motifs is 1. The van der Waals surface area contributed by atoms with E-state index in [0.717, 1.165) is 22.5 Å². The number of azo groups is 1. The second-order valence-corrected chi connectivity index (χ2v) is 6.04. The largest absolute Gasteiger partial charge is 1.00 e. The summed E-state index contributed by atoms with van der Waals surface area (Å²) in [6.07, 6.45) is 0. The molecule has 0 saturated carbocycles. The van der Waals surface area contributed by atoms with E-state index in [4.69, 9.17) is 11.1 Å². The molecule has 0 spiro atoms. The van der Waals surface area contributed by atoms with Crippen LogP contribution in [0.1, 0.15) is 10.4 Å². The average Bonchev–Trinajstić information content (AvgIpc) is 2.95. The normalized spacial score (nSPS) is 10.7. The van der Waals surface area contributed by atoms with Gasteiger partial charge < -0.3 is 27.7 Å². The van der Waals surface area contributed by atoms with Gasteiger partial charge in [-0.15, -0.1) is 0 Å². The molecule has 3 aromatic rings. The van der Waals surface area contributed by atoms with Crippen molar-refractivity contribution in [3.8, 4) is 0 Å². The van der Waals surface area contributed by atoms with Crippen LogP contribution in [-0.4, -0.2) is 21.7 Å². The maximum absolute atomic E-state index is 12.0. The van der Waals surface area contributed by atoms with E-state index in [9.17, 15) is 4.79 Å². The molecule has 3 rings (SSSR count). The number of carbonyl (C=O) groups is 1. The fourth-order valence-electron chi connectivity index (χ4n) is 2.24. The van der Waals surface area contributed by atoms with Crippen molar-refractivity contribution in [1.82, 2.24) is 4.98 Å². The Bertz CT molecular complexity index is 923. The van der Waals surface area contributed by atoms with Gasteiger partial charge in [-0.05, 0) is 16.9 Å². The monoisotopic (exact) mass is 417 g/mol. The highest BCUT2D eigenvalue weighted by molar-refractivity contribution is 8.14. The lowest BCUT2D eigenvalue weighted by atomic mass is 10.2. The smallest absolute Gasteiger partial charge is 0.377 e. The molecule has 1 aromatic heterocycles. The van der Waals surface area contributed by atoms with Crippen molar-refractivity contribution in [1.29, 1.82) is 0 Å². The zero-order valence-corrected chi connectivity index (χ0v) is 15.5. The molecule has 25 heavy (non-hydrogen) atoms. The lowest BCUT2D eigenvalue weighted by Crippen LogP contribution is -3.00. The van der Waals surface area contributed by atoms with Crippen LogP contribution in [0.15, 0.2) is 64.8 Å². The molecule has 5 N–H and O–H groups in total. The Balaban J connectivity index is 0.00000225. The number of rotatable bonds is 4. The predicted molar refractivity (Wildman–Crippen MR) is 97.4 cm³/mol. The summed E-state index contributed by atoms with van der Waals surface area (Å²) in [7, 11) is 0. The third kappa shape index (κ3) is 4.55. The summed E-state index contributed by atoms with van der Waals surface area (Å²) in [5, 5.41) is 15.9. The minimum absolute atomic E-state index is 0. The molecular weight excluding hydrogens is 402 g/mol. The minimum Gasteiger partial charge on any atom is -1.00 e. The van der Waals surface area contributed by atoms with Gasteiger partial charge in [0.2, 0.25) is 0 Å². The average molecular weight is 418 g/mol. The van der Waals surface area contributed by atoms with Crippen LogP contribution >= 0.6 is 11.8 Å². The number of carbonyl (C=O) groups excluding carboxylic acids is 1. The highest BCUT2D eigenvalue weighted by Gasteiger charge is 2.13. The fraction of sp³-hybridized carbons (Fsp3) is 0.0588. The summed E-state index contributed by atoms with van der Waals surface area (Å²) in [5.41, 5.74) is 6.55. The third-order valence-corrected chi connectivity index (χ3v) is 4.20. The molecule has 0 aliphatic carbocycles. The number of hydrogen-bond donors (Lipinski definition) is 3. The van der Waals surface area contributed by atoms with Gasteiger partial charge in [0.05, 0.1) is 10.9 Å². The lowest BCUT2D eigenvalue weighted by Gasteiger charge is -1.96. The Morgan fingerprint density at radius 1 is 1.08 bits per heavy atom. The summed E-state index contributed by atoms with van der Waals surface area (Å²) in [6.45, 7) is 0. The maximum Gasteiger partial charge on any atom is 0.377 e. The van der Waals surface area contributed by atoms with Gasteiger partial charge in [0, 0.05) is 16.3 Å². The Morgan fingerprint density at radius 2 is 1.72 bits per heavy atom. The van der Waals surface area contributed by atoms with Gasteiger partial charge in [-0.25, -0.2) is 0 Å². The standard InChI is InChI=1S/C17H15N5OS.BrH/c18-15-12-8-4-5-9-13(12)16(20-15)21-22-17(19)24-10-14(23)11-6-2-1-3-7-11;/h1-9,19-20H,10,18H2;1H/b19-17?,22-21+;. The SMILES string of the molecule is Nc1[nH]c(/N=N/C(=[NH2+])SCC(=O)c2ccccc2)c2ccccc12.[Br-]. The first-order valence-corrected chi connectivity index (χ1v) is 8.25. The van der Waals surface area contributed by atoms with E-state index in [2.05, 4.69) is 15.2 Å². The highest BCUT2D eigenvalue weighted by atomic mass is 79.9. The number of nitrogens with two attached hydrogens (primary N) is 2. The van der Waals surface area contributed by atoms with Gasteiger partial charge in [-0.3, -0.25) is 10.2 Å². The lowest BCUT2D eigenvalue weighted by molar-refractivity contribution is -0.110. The number of amidine groups is 1. The summed E-state index contributed by atoms with van der Waals surface area (Å²) in [4.78, 5) is 15.0. The van der Waals surface area contributed by atoms with Crippen LogP contribution in [0.3, 0.4) is 0 Å². The van der Waals surface area contributed by atoms with Crippen LogP contribution in [0, 0.1) is 0 Å². The van der Waals surface area contributed by atoms with E-state index >= 15 is 0 Å². The number of halogens is 1. The highest BCUT2D eigenvalue weighted by Crippen LogP contribution is 2.30. The van der Waals surface area contributed by atoms with Crippen LogP contribution < -0.4 is 28.1 Å². The molecular formula is C17H16BrN5OS. The molecule has 0 amide bonds. The number of benzene rings is 2. The summed E-state index contributed by atoms with van der Waals surface area (Å²) in [6, 6.07) is 16.7. The van der Waals surface area contributed by atoms with E-state index in [1.54, 1.807) is 12.1 Å². The fourth-order valence-corrected chi connectivity index (χ4v) is 2.78. The van der Waals surface area contributed by atoms with Gasteiger partial charge in [-0.1, -0.05) is 54.6 Å². The molecule has 0 fully saturated rings. The van der Waals surface area contributed by atoms with E-state index in [1.807, 2.05) is 42.5 Å². The number of H-pyrrole nitrogens is 1. The molecule has 128 valence electrons. The molecule has 0 aliphatic heterocycles. The first-order valence-electron chi connectivity index (χ1n) is 7.26. The number of nitrogen functional groups attached to an aromatic ring is 1. The quantitative estimate of drug-likeness (QED) is 0.232. The van der Waals surface area contributed by atoms with Crippen molar-refractivity contribution in [2.45, 2.75) is 0 Å². The van der Waals surface area contributed by atoms with Crippen molar-refractivity contribution in [2.24, 2.45) is 10.2 Å². The number of anilines is 1. The second-order valence-electron chi connectivity index (χ2n) is 5.05. The van der Waals surface area contributed by atoms with E-state index in [1.165, 1.54) is 0 Å². The maximum atomic E-state index is 12.0. The first-order chi connectivity index (χ1) is 11.6. The molecule has 0 bridgehead atoms. The number of ketones is 1. The van der Waals surface area contributed by atoms with Gasteiger partial charge in [0.25, 0.3) is 0 Å². The number of aromatic amines is 1. The van der Waals surface area contributed by atoms with E-state index < -0.39 is 0 Å². The summed E-state index contributed by atoms with van der Waals surface area (Å²) in [5.74, 6) is 1.28. The molecule has 0 saturated heterocycles. The molecule has 0 radical (unpaired) electrons. The second kappa shape index (κ2) is 8.59. The van der Waals surface area contributed by atoms with Crippen LogP contribution in [0.25, 0.3) is 10.8 Å². The zero-order chi connectivity index (χ0) is 16.9. The topological polar surface area (TPSA) is 109 Å². The summed E-state index contributed by atoms with van der Waals surface area (Å²) < 4.78 is 0. The predicted octanol–water partition coefficient (Wildman–Crippen LogP) is -0.431. The minimum atomic E-state index is -0.00619. The van der Waals surface area contributed by atoms with Crippen molar-refractivity contribution in [3.05, 3.63) is 60.2 Å². The van der Waals surface area contributed by atoms with Gasteiger partial charge in [0.15, 0.2) is 11.6 Å². The van der Waals surface area contributed by atoms with Crippen molar-refractivity contribution < 1.29 is 27.2 Å². The van der Waals surface area contributed by atoms with E-state index in [-0.39, 0.29) is 33.7 Å². The van der Waals surface area contributed by atoms with Gasteiger partial charge in [0.1, 0.15) is 5.82 Å². The Hall–Kier alpha value is -2.45. The molecule has 2 aromatic carbocycles. The Kier molecular flexibility index (Phi) is 6.49.